The number of amides is 1. The predicted octanol–water partition coefficient (Wildman–Crippen LogP) is 3.43. The Kier molecular flexibility index (Phi) is 4.04. The average molecular weight is 318 g/mol. The van der Waals surface area contributed by atoms with E-state index < -0.39 is 0 Å². The predicted molar refractivity (Wildman–Crippen MR) is 93.6 cm³/mol. The Hall–Kier alpha value is -1.33. The van der Waals surface area contributed by atoms with Crippen molar-refractivity contribution in [1.82, 2.24) is 4.90 Å². The van der Waals surface area contributed by atoms with Crippen molar-refractivity contribution in [2.24, 2.45) is 0 Å². The summed E-state index contributed by atoms with van der Waals surface area (Å²) in [6.45, 7) is 4.39. The molecule has 1 aromatic rings. The Balaban J connectivity index is 1.86. The number of aryl methyl sites for hydroxylation is 1. The van der Waals surface area contributed by atoms with Crippen LogP contribution in [0.2, 0.25) is 0 Å². The van der Waals surface area contributed by atoms with Crippen molar-refractivity contribution in [2.75, 3.05) is 25.0 Å². The minimum Gasteiger partial charge on any atom is -0.372 e. The molecule has 0 aliphatic carbocycles. The van der Waals surface area contributed by atoms with E-state index in [-0.39, 0.29) is 5.91 Å². The second kappa shape index (κ2) is 5.81. The molecule has 0 atom stereocenters. The van der Waals surface area contributed by atoms with Gasteiger partial charge in [0.15, 0.2) is 0 Å². The third kappa shape index (κ3) is 2.85. The number of anilines is 1. The fraction of sp³-hybridized carbons (Fsp3) is 0.375. The maximum Gasteiger partial charge on any atom is 0.265 e. The molecule has 2 aliphatic rings. The number of thiocarbonyl (C=S) groups is 1. The molecule has 21 heavy (non-hydrogen) atoms. The van der Waals surface area contributed by atoms with E-state index in [1.165, 1.54) is 40.8 Å². The first-order valence-corrected chi connectivity index (χ1v) is 8.36. The number of benzene rings is 1. The molecule has 2 aliphatic heterocycles. The molecule has 2 heterocycles. The summed E-state index contributed by atoms with van der Waals surface area (Å²) in [6.07, 6.45) is 4.51. The number of nitrogens with zero attached hydrogens (tertiary/aromatic N) is 2. The summed E-state index contributed by atoms with van der Waals surface area (Å²) >= 11 is 6.53. The summed E-state index contributed by atoms with van der Waals surface area (Å²) in [4.78, 5) is 16.7. The maximum atomic E-state index is 12.0. The van der Waals surface area contributed by atoms with Crippen LogP contribution in [0.15, 0.2) is 23.1 Å². The number of carbonyl (C=O) groups is 1. The van der Waals surface area contributed by atoms with E-state index in [2.05, 4.69) is 30.0 Å². The highest BCUT2D eigenvalue weighted by Crippen LogP contribution is 2.32. The standard InChI is InChI=1S/C16H18N2OS2/c1-11-9-13(18-7-3-4-8-18)6-5-12(11)10-14-15(19)17(2)16(20)21-14/h5-6,9-10H,3-4,7-8H2,1-2H3. The van der Waals surface area contributed by atoms with Crippen molar-refractivity contribution in [2.45, 2.75) is 19.8 Å². The van der Waals surface area contributed by atoms with Gasteiger partial charge in [0.05, 0.1) is 4.91 Å². The second-order valence-corrected chi connectivity index (χ2v) is 7.15. The minimum absolute atomic E-state index is 0.00646. The van der Waals surface area contributed by atoms with Gasteiger partial charge in [-0.15, -0.1) is 0 Å². The lowest BCUT2D eigenvalue weighted by Gasteiger charge is -2.18. The molecular weight excluding hydrogens is 300 g/mol. The zero-order valence-corrected chi connectivity index (χ0v) is 13.9. The van der Waals surface area contributed by atoms with Crippen molar-refractivity contribution in [3.8, 4) is 0 Å². The molecule has 0 spiro atoms. The highest BCUT2D eigenvalue weighted by Gasteiger charge is 2.28. The Morgan fingerprint density at radius 3 is 2.57 bits per heavy atom. The van der Waals surface area contributed by atoms with Gasteiger partial charge in [-0.25, -0.2) is 0 Å². The van der Waals surface area contributed by atoms with Gasteiger partial charge in [-0.3, -0.25) is 9.69 Å². The lowest BCUT2D eigenvalue weighted by molar-refractivity contribution is -0.121. The van der Waals surface area contributed by atoms with Crippen molar-refractivity contribution in [3.63, 3.8) is 0 Å². The van der Waals surface area contributed by atoms with Crippen molar-refractivity contribution in [1.29, 1.82) is 0 Å². The molecule has 0 bridgehead atoms. The molecule has 0 unspecified atom stereocenters. The molecule has 0 saturated carbocycles. The highest BCUT2D eigenvalue weighted by molar-refractivity contribution is 8.26. The lowest BCUT2D eigenvalue weighted by Crippen LogP contribution is -2.22. The molecule has 2 fully saturated rings. The van der Waals surface area contributed by atoms with Crippen LogP contribution in [0, 0.1) is 6.92 Å². The molecule has 0 aromatic heterocycles. The zero-order valence-electron chi connectivity index (χ0n) is 12.3. The monoisotopic (exact) mass is 318 g/mol. The largest absolute Gasteiger partial charge is 0.372 e. The summed E-state index contributed by atoms with van der Waals surface area (Å²) in [7, 11) is 1.72. The summed E-state index contributed by atoms with van der Waals surface area (Å²) < 4.78 is 0.623. The number of likely N-dealkylation sites (N-methyl/N-ethyl adjacent to an activating group) is 1. The van der Waals surface area contributed by atoms with E-state index in [1.807, 2.05) is 6.08 Å². The van der Waals surface area contributed by atoms with E-state index in [4.69, 9.17) is 12.2 Å². The van der Waals surface area contributed by atoms with Crippen LogP contribution < -0.4 is 4.90 Å². The minimum atomic E-state index is -0.00646. The van der Waals surface area contributed by atoms with E-state index in [0.717, 1.165) is 18.7 Å². The normalized spacial score (nSPS) is 21.0. The molecule has 2 saturated heterocycles. The highest BCUT2D eigenvalue weighted by atomic mass is 32.2. The first-order valence-electron chi connectivity index (χ1n) is 7.13. The van der Waals surface area contributed by atoms with Gasteiger partial charge < -0.3 is 4.90 Å². The average Bonchev–Trinajstić information content (AvgIpc) is 3.07. The van der Waals surface area contributed by atoms with Gasteiger partial charge in [0.25, 0.3) is 5.91 Å². The van der Waals surface area contributed by atoms with Crippen molar-refractivity contribution >= 4 is 46.0 Å². The van der Waals surface area contributed by atoms with E-state index in [9.17, 15) is 4.79 Å². The molecule has 1 amide bonds. The first kappa shape index (κ1) is 14.6. The van der Waals surface area contributed by atoms with Crippen LogP contribution in [-0.2, 0) is 4.79 Å². The van der Waals surface area contributed by atoms with Crippen LogP contribution in [0.1, 0.15) is 24.0 Å². The molecule has 0 radical (unpaired) electrons. The van der Waals surface area contributed by atoms with Gasteiger partial charge >= 0.3 is 0 Å². The summed E-state index contributed by atoms with van der Waals surface area (Å²) in [5.41, 5.74) is 3.57. The van der Waals surface area contributed by atoms with Gasteiger partial charge in [-0.05, 0) is 49.1 Å². The van der Waals surface area contributed by atoms with Crippen LogP contribution in [0.25, 0.3) is 6.08 Å². The SMILES string of the molecule is Cc1cc(N2CCCC2)ccc1C=C1SC(=S)N(C)C1=O. The van der Waals surface area contributed by atoms with Crippen LogP contribution in [0.3, 0.4) is 0 Å². The van der Waals surface area contributed by atoms with Gasteiger partial charge in [-0.2, -0.15) is 0 Å². The van der Waals surface area contributed by atoms with E-state index >= 15 is 0 Å². The van der Waals surface area contributed by atoms with Crippen LogP contribution >= 0.6 is 24.0 Å². The van der Waals surface area contributed by atoms with Gasteiger partial charge in [-0.1, -0.05) is 30.0 Å². The first-order chi connectivity index (χ1) is 10.1. The van der Waals surface area contributed by atoms with E-state index in [0.29, 0.717) is 9.23 Å². The fourth-order valence-corrected chi connectivity index (χ4v) is 3.85. The molecular formula is C16H18N2OS2. The quantitative estimate of drug-likeness (QED) is 0.616. The number of rotatable bonds is 2. The lowest BCUT2D eigenvalue weighted by atomic mass is 10.1. The Morgan fingerprint density at radius 2 is 2.00 bits per heavy atom. The van der Waals surface area contributed by atoms with Gasteiger partial charge in [0, 0.05) is 25.8 Å². The van der Waals surface area contributed by atoms with Gasteiger partial charge in [0.1, 0.15) is 4.32 Å². The fourth-order valence-electron chi connectivity index (χ4n) is 2.68. The van der Waals surface area contributed by atoms with Crippen LogP contribution in [-0.4, -0.2) is 35.3 Å². The zero-order chi connectivity index (χ0) is 15.0. The van der Waals surface area contributed by atoms with E-state index in [1.54, 1.807) is 7.05 Å². The third-order valence-electron chi connectivity index (χ3n) is 4.00. The Morgan fingerprint density at radius 1 is 1.29 bits per heavy atom. The molecule has 1 aromatic carbocycles. The second-order valence-electron chi connectivity index (χ2n) is 5.48. The number of hydrogen-bond acceptors (Lipinski definition) is 4. The summed E-state index contributed by atoms with van der Waals surface area (Å²) in [5, 5.41) is 0. The van der Waals surface area contributed by atoms with Crippen molar-refractivity contribution < 1.29 is 4.79 Å². The van der Waals surface area contributed by atoms with Crippen LogP contribution in [0.4, 0.5) is 5.69 Å². The third-order valence-corrected chi connectivity index (χ3v) is 5.48. The Labute approximate surface area is 135 Å². The smallest absolute Gasteiger partial charge is 0.265 e. The molecule has 0 N–H and O–H groups in total. The molecule has 3 nitrogen and oxygen atoms in total. The topological polar surface area (TPSA) is 23.6 Å². The number of carbonyl (C=O) groups excluding carboxylic acids is 1. The molecule has 110 valence electrons. The maximum absolute atomic E-state index is 12.0. The van der Waals surface area contributed by atoms with Crippen LogP contribution in [0.5, 0.6) is 0 Å². The molecule has 3 rings (SSSR count). The molecule has 5 heteroatoms. The summed E-state index contributed by atoms with van der Waals surface area (Å²) in [6, 6.07) is 6.46. The number of thioether (sulfide) groups is 1. The number of hydrogen-bond donors (Lipinski definition) is 0. The Bertz CT molecular complexity index is 633. The van der Waals surface area contributed by atoms with Crippen molar-refractivity contribution in [3.05, 3.63) is 34.2 Å². The van der Waals surface area contributed by atoms with Gasteiger partial charge in [0.2, 0.25) is 0 Å². The summed E-state index contributed by atoms with van der Waals surface area (Å²) in [5.74, 6) is -0.00646.